The lowest BCUT2D eigenvalue weighted by Gasteiger charge is -2.12. The van der Waals surface area contributed by atoms with Crippen molar-refractivity contribution < 1.29 is 4.74 Å². The molecular weight excluding hydrogens is 192 g/mol. The van der Waals surface area contributed by atoms with Crippen LogP contribution < -0.4 is 5.32 Å². The van der Waals surface area contributed by atoms with Gasteiger partial charge in [0, 0.05) is 20.2 Å². The molecule has 1 N–H and O–H groups in total. The second kappa shape index (κ2) is 4.72. The monoisotopic (exact) mass is 210 g/mol. The van der Waals surface area contributed by atoms with Gasteiger partial charge in [-0.1, -0.05) is 0 Å². The molecule has 0 aromatic carbocycles. The Morgan fingerprint density at radius 3 is 3.07 bits per heavy atom. The van der Waals surface area contributed by atoms with Crippen LogP contribution in [0.3, 0.4) is 0 Å². The van der Waals surface area contributed by atoms with Gasteiger partial charge in [-0.3, -0.25) is 4.68 Å². The maximum absolute atomic E-state index is 5.33. The summed E-state index contributed by atoms with van der Waals surface area (Å²) in [5.74, 6) is 0.982. The van der Waals surface area contributed by atoms with Crippen molar-refractivity contribution in [1.29, 1.82) is 0 Å². The number of nitrogens with one attached hydrogen (secondary N) is 1. The summed E-state index contributed by atoms with van der Waals surface area (Å²) in [6, 6.07) is 0.562. The number of rotatable bonds is 4. The van der Waals surface area contributed by atoms with Crippen molar-refractivity contribution in [3.05, 3.63) is 12.2 Å². The molecule has 84 valence electrons. The number of methoxy groups -OCH3 is 1. The van der Waals surface area contributed by atoms with Crippen molar-refractivity contribution in [2.45, 2.75) is 38.0 Å². The summed E-state index contributed by atoms with van der Waals surface area (Å²) in [6.07, 6.45) is 5.48. The number of hydrogen-bond donors (Lipinski definition) is 1. The molecule has 1 fully saturated rings. The van der Waals surface area contributed by atoms with E-state index in [9.17, 15) is 0 Å². The first-order valence-corrected chi connectivity index (χ1v) is 5.38. The molecule has 0 aliphatic heterocycles. The van der Waals surface area contributed by atoms with E-state index in [1.807, 2.05) is 7.05 Å². The maximum Gasteiger partial charge on any atom is 0.140 e. The predicted molar refractivity (Wildman–Crippen MR) is 56.3 cm³/mol. The lowest BCUT2D eigenvalue weighted by molar-refractivity contribution is 0.107. The Hall–Kier alpha value is -0.940. The van der Waals surface area contributed by atoms with Crippen molar-refractivity contribution >= 4 is 0 Å². The summed E-state index contributed by atoms with van der Waals surface area (Å²) >= 11 is 0. The highest BCUT2D eigenvalue weighted by Gasteiger charge is 2.23. The van der Waals surface area contributed by atoms with E-state index in [0.717, 1.165) is 25.2 Å². The van der Waals surface area contributed by atoms with Gasteiger partial charge in [-0.25, -0.2) is 4.98 Å². The Bertz CT molecular complexity index is 312. The SMILES string of the molecule is COC1CCC(NCc2ncnn2C)C1. The van der Waals surface area contributed by atoms with E-state index in [0.29, 0.717) is 12.1 Å². The largest absolute Gasteiger partial charge is 0.381 e. The summed E-state index contributed by atoms with van der Waals surface area (Å²) in [4.78, 5) is 4.17. The molecule has 2 atom stereocenters. The molecule has 0 saturated heterocycles. The Morgan fingerprint density at radius 2 is 2.47 bits per heavy atom. The molecule has 5 heteroatoms. The van der Waals surface area contributed by atoms with Crippen LogP contribution in [0.15, 0.2) is 6.33 Å². The van der Waals surface area contributed by atoms with Crippen LogP contribution in [0.5, 0.6) is 0 Å². The van der Waals surface area contributed by atoms with Gasteiger partial charge in [-0.15, -0.1) is 0 Å². The van der Waals surface area contributed by atoms with Crippen LogP contribution in [0.4, 0.5) is 0 Å². The highest BCUT2D eigenvalue weighted by atomic mass is 16.5. The normalized spacial score (nSPS) is 26.0. The fourth-order valence-corrected chi connectivity index (χ4v) is 2.06. The van der Waals surface area contributed by atoms with Gasteiger partial charge in [-0.2, -0.15) is 5.10 Å². The highest BCUT2D eigenvalue weighted by Crippen LogP contribution is 2.21. The lowest BCUT2D eigenvalue weighted by atomic mass is 10.2. The quantitative estimate of drug-likeness (QED) is 0.785. The third-order valence-corrected chi connectivity index (χ3v) is 3.07. The molecule has 1 aromatic rings. The third kappa shape index (κ3) is 2.54. The van der Waals surface area contributed by atoms with Crippen molar-refractivity contribution in [2.24, 2.45) is 7.05 Å². The zero-order valence-corrected chi connectivity index (χ0v) is 9.31. The van der Waals surface area contributed by atoms with Crippen molar-refractivity contribution in [3.8, 4) is 0 Å². The highest BCUT2D eigenvalue weighted by molar-refractivity contribution is 4.86. The zero-order chi connectivity index (χ0) is 10.7. The molecular formula is C10H18N4O. The van der Waals surface area contributed by atoms with Crippen LogP contribution in [0.1, 0.15) is 25.1 Å². The van der Waals surface area contributed by atoms with E-state index in [2.05, 4.69) is 15.4 Å². The predicted octanol–water partition coefficient (Wildman–Crippen LogP) is 0.472. The van der Waals surface area contributed by atoms with Gasteiger partial charge in [0.05, 0.1) is 12.6 Å². The van der Waals surface area contributed by atoms with Crippen LogP contribution in [0, 0.1) is 0 Å². The summed E-state index contributed by atoms with van der Waals surface area (Å²) in [7, 11) is 3.70. The molecule has 2 unspecified atom stereocenters. The maximum atomic E-state index is 5.33. The van der Waals surface area contributed by atoms with E-state index in [1.54, 1.807) is 18.1 Å². The summed E-state index contributed by atoms with van der Waals surface area (Å²) in [6.45, 7) is 0.789. The summed E-state index contributed by atoms with van der Waals surface area (Å²) in [5, 5.41) is 7.52. The minimum atomic E-state index is 0.432. The molecule has 0 bridgehead atoms. The number of aryl methyl sites for hydroxylation is 1. The summed E-state index contributed by atoms with van der Waals surface area (Å²) < 4.78 is 7.13. The minimum absolute atomic E-state index is 0.432. The topological polar surface area (TPSA) is 52.0 Å². The first-order valence-electron chi connectivity index (χ1n) is 5.38. The standard InChI is InChI=1S/C10H18N4O/c1-14-10(12-7-13-14)6-11-8-3-4-9(5-8)15-2/h7-9,11H,3-6H2,1-2H3. The van der Waals surface area contributed by atoms with E-state index in [1.165, 1.54) is 6.42 Å². The van der Waals surface area contributed by atoms with E-state index in [4.69, 9.17) is 4.74 Å². The first kappa shape index (κ1) is 10.6. The van der Waals surface area contributed by atoms with Crippen molar-refractivity contribution in [1.82, 2.24) is 20.1 Å². The summed E-state index contributed by atoms with van der Waals surface area (Å²) in [5.41, 5.74) is 0. The number of hydrogen-bond acceptors (Lipinski definition) is 4. The van der Waals surface area contributed by atoms with Crippen LogP contribution in [-0.2, 0) is 18.3 Å². The van der Waals surface area contributed by atoms with E-state index < -0.39 is 0 Å². The Kier molecular flexibility index (Phi) is 3.33. The van der Waals surface area contributed by atoms with Crippen molar-refractivity contribution in [2.75, 3.05) is 7.11 Å². The van der Waals surface area contributed by atoms with Gasteiger partial charge >= 0.3 is 0 Å². The van der Waals surface area contributed by atoms with Gasteiger partial charge in [0.25, 0.3) is 0 Å². The van der Waals surface area contributed by atoms with E-state index >= 15 is 0 Å². The smallest absolute Gasteiger partial charge is 0.140 e. The van der Waals surface area contributed by atoms with Crippen LogP contribution >= 0.6 is 0 Å². The fourth-order valence-electron chi connectivity index (χ4n) is 2.06. The Morgan fingerprint density at radius 1 is 1.60 bits per heavy atom. The molecule has 15 heavy (non-hydrogen) atoms. The number of aromatic nitrogens is 3. The zero-order valence-electron chi connectivity index (χ0n) is 9.31. The fraction of sp³-hybridized carbons (Fsp3) is 0.800. The van der Waals surface area contributed by atoms with Gasteiger partial charge in [-0.05, 0) is 19.3 Å². The molecule has 5 nitrogen and oxygen atoms in total. The van der Waals surface area contributed by atoms with Crippen LogP contribution in [0.2, 0.25) is 0 Å². The van der Waals surface area contributed by atoms with Crippen LogP contribution in [0.25, 0.3) is 0 Å². The molecule has 1 saturated carbocycles. The number of ether oxygens (including phenoxy) is 1. The van der Waals surface area contributed by atoms with Gasteiger partial charge in [0.2, 0.25) is 0 Å². The van der Waals surface area contributed by atoms with Gasteiger partial charge in [0.15, 0.2) is 0 Å². The third-order valence-electron chi connectivity index (χ3n) is 3.07. The second-order valence-electron chi connectivity index (χ2n) is 4.05. The average molecular weight is 210 g/mol. The molecule has 1 aliphatic rings. The lowest BCUT2D eigenvalue weighted by Crippen LogP contribution is -2.28. The Balaban J connectivity index is 1.77. The van der Waals surface area contributed by atoms with Crippen LogP contribution in [-0.4, -0.2) is 34.0 Å². The molecule has 0 radical (unpaired) electrons. The van der Waals surface area contributed by atoms with Crippen molar-refractivity contribution in [3.63, 3.8) is 0 Å². The van der Waals surface area contributed by atoms with Gasteiger partial charge in [0.1, 0.15) is 12.2 Å². The molecule has 1 aromatic heterocycles. The average Bonchev–Trinajstić information content (AvgIpc) is 2.84. The number of nitrogens with zero attached hydrogens (tertiary/aromatic N) is 3. The molecule has 0 spiro atoms. The Labute approximate surface area is 89.8 Å². The van der Waals surface area contributed by atoms with Gasteiger partial charge < -0.3 is 10.1 Å². The van der Waals surface area contributed by atoms with E-state index in [-0.39, 0.29) is 0 Å². The molecule has 1 aliphatic carbocycles. The second-order valence-corrected chi connectivity index (χ2v) is 4.05. The minimum Gasteiger partial charge on any atom is -0.381 e. The first-order chi connectivity index (χ1) is 7.29. The molecule has 2 rings (SSSR count). The molecule has 1 heterocycles. The molecule has 0 amide bonds.